The minimum absolute atomic E-state index is 0.00881. The Bertz CT molecular complexity index is 427. The molecule has 0 aromatic rings. The van der Waals surface area contributed by atoms with Crippen LogP contribution in [0.5, 0.6) is 0 Å². The fraction of sp³-hybridized carbons (Fsp3) is 1.00. The Labute approximate surface area is 148 Å². The van der Waals surface area contributed by atoms with E-state index in [9.17, 15) is 23.5 Å². The van der Waals surface area contributed by atoms with Crippen molar-refractivity contribution >= 4 is 22.8 Å². The van der Waals surface area contributed by atoms with E-state index in [1.54, 1.807) is 6.92 Å². The summed E-state index contributed by atoms with van der Waals surface area (Å²) in [4.78, 5) is 27.8. The minimum Gasteiger partial charge on any atom is -0.346 e. The van der Waals surface area contributed by atoms with Crippen LogP contribution >= 0.6 is 22.8 Å². The molecule has 9 heteroatoms. The molecule has 0 aliphatic carbocycles. The third kappa shape index (κ3) is 14.9. The average Bonchev–Trinajstić information content (AvgIpc) is 2.45. The third-order valence-electron chi connectivity index (χ3n) is 3.65. The van der Waals surface area contributed by atoms with E-state index in [1.807, 2.05) is 13.8 Å². The van der Waals surface area contributed by atoms with Crippen LogP contribution in [-0.4, -0.2) is 45.0 Å². The van der Waals surface area contributed by atoms with Gasteiger partial charge in [-0.25, -0.2) is 0 Å². The van der Waals surface area contributed by atoms with Crippen molar-refractivity contribution in [2.24, 2.45) is 0 Å². The predicted molar refractivity (Wildman–Crippen MR) is 105 cm³/mol. The molecular formula is C15H37O6P3. The highest BCUT2D eigenvalue weighted by molar-refractivity contribution is 7.62. The van der Waals surface area contributed by atoms with Gasteiger partial charge in [-0.2, -0.15) is 0 Å². The van der Waals surface area contributed by atoms with Gasteiger partial charge in [-0.05, 0) is 25.7 Å². The van der Waals surface area contributed by atoms with Crippen molar-refractivity contribution in [3.63, 3.8) is 0 Å². The highest BCUT2D eigenvalue weighted by Gasteiger charge is 2.34. The summed E-state index contributed by atoms with van der Waals surface area (Å²) in [5, 5.41) is 0. The van der Waals surface area contributed by atoms with Crippen LogP contribution in [-0.2, 0) is 13.7 Å². The van der Waals surface area contributed by atoms with Crippen molar-refractivity contribution in [3.05, 3.63) is 0 Å². The molecule has 0 fully saturated rings. The summed E-state index contributed by atoms with van der Waals surface area (Å²) in [6, 6.07) is 0. The maximum Gasteiger partial charge on any atom is 0.204 e. The molecule has 4 atom stereocenters. The van der Waals surface area contributed by atoms with Crippen molar-refractivity contribution in [3.8, 4) is 0 Å². The largest absolute Gasteiger partial charge is 0.346 e. The molecular weight excluding hydrogens is 369 g/mol. The van der Waals surface area contributed by atoms with E-state index >= 15 is 0 Å². The smallest absolute Gasteiger partial charge is 0.204 e. The second-order valence-corrected chi connectivity index (χ2v) is 12.6. The van der Waals surface area contributed by atoms with Crippen LogP contribution in [0.3, 0.4) is 0 Å². The van der Waals surface area contributed by atoms with Gasteiger partial charge in [-0.3, -0.25) is 13.7 Å². The van der Waals surface area contributed by atoms with Crippen LogP contribution in [0.2, 0.25) is 0 Å². The van der Waals surface area contributed by atoms with Gasteiger partial charge in [-0.15, -0.1) is 0 Å². The van der Waals surface area contributed by atoms with Gasteiger partial charge >= 0.3 is 0 Å². The molecule has 24 heavy (non-hydrogen) atoms. The van der Waals surface area contributed by atoms with Gasteiger partial charge in [0.2, 0.25) is 14.7 Å². The fourth-order valence-electron chi connectivity index (χ4n) is 2.34. The van der Waals surface area contributed by atoms with Crippen LogP contribution in [0.15, 0.2) is 0 Å². The highest BCUT2D eigenvalue weighted by atomic mass is 31.2. The molecule has 0 aromatic heterocycles. The van der Waals surface area contributed by atoms with E-state index in [0.717, 1.165) is 19.3 Å². The van der Waals surface area contributed by atoms with Crippen molar-refractivity contribution in [1.29, 1.82) is 0 Å². The van der Waals surface area contributed by atoms with Gasteiger partial charge in [0.1, 0.15) is 0 Å². The molecule has 4 unspecified atom stereocenters. The predicted octanol–water partition coefficient (Wildman–Crippen LogP) is 4.77. The summed E-state index contributed by atoms with van der Waals surface area (Å²) < 4.78 is 33.8. The molecule has 0 aliphatic heterocycles. The Hall–Kier alpha value is 0.570. The molecule has 0 radical (unpaired) electrons. The Morgan fingerprint density at radius 3 is 1.83 bits per heavy atom. The monoisotopic (exact) mass is 406 g/mol. The zero-order valence-electron chi connectivity index (χ0n) is 15.6. The van der Waals surface area contributed by atoms with Crippen LogP contribution in [0.25, 0.3) is 0 Å². The average molecular weight is 406 g/mol. The topological polar surface area (TPSA) is 112 Å². The Balaban J connectivity index is 0. The molecule has 0 spiro atoms. The van der Waals surface area contributed by atoms with E-state index in [2.05, 4.69) is 6.92 Å². The van der Waals surface area contributed by atoms with E-state index < -0.39 is 28.4 Å². The molecule has 0 saturated heterocycles. The van der Waals surface area contributed by atoms with Gasteiger partial charge < -0.3 is 14.7 Å². The first kappa shape index (κ1) is 26.8. The summed E-state index contributed by atoms with van der Waals surface area (Å²) in [5.41, 5.74) is -0.519. The van der Waals surface area contributed by atoms with Gasteiger partial charge in [0.25, 0.3) is 0 Å². The van der Waals surface area contributed by atoms with E-state index in [-0.39, 0.29) is 18.5 Å². The summed E-state index contributed by atoms with van der Waals surface area (Å²) >= 11 is 0. The lowest BCUT2D eigenvalue weighted by Gasteiger charge is -2.23. The summed E-state index contributed by atoms with van der Waals surface area (Å²) in [6.07, 6.45) is 5.86. The van der Waals surface area contributed by atoms with Crippen molar-refractivity contribution < 1.29 is 28.4 Å². The van der Waals surface area contributed by atoms with Crippen LogP contribution in [0.1, 0.15) is 66.2 Å². The van der Waals surface area contributed by atoms with Crippen LogP contribution in [0, 0.1) is 0 Å². The fourth-order valence-corrected chi connectivity index (χ4v) is 8.05. The lowest BCUT2D eigenvalue weighted by molar-refractivity contribution is 0.450. The summed E-state index contributed by atoms with van der Waals surface area (Å²) in [7, 11) is -8.63. The first-order valence-corrected chi connectivity index (χ1v) is 14.4. The van der Waals surface area contributed by atoms with Gasteiger partial charge in [-0.1, -0.05) is 40.5 Å². The van der Waals surface area contributed by atoms with Crippen LogP contribution < -0.4 is 0 Å². The first-order chi connectivity index (χ1) is 11.1. The molecule has 148 valence electrons. The van der Waals surface area contributed by atoms with E-state index in [1.165, 1.54) is 0 Å². The van der Waals surface area contributed by atoms with Crippen molar-refractivity contribution in [2.45, 2.75) is 71.9 Å². The summed E-state index contributed by atoms with van der Waals surface area (Å²) in [5.74, 6) is 0. The number of unbranched alkanes of at least 4 members (excludes halogenated alkanes) is 2. The van der Waals surface area contributed by atoms with Gasteiger partial charge in [0.15, 0.2) is 8.03 Å². The van der Waals surface area contributed by atoms with Gasteiger partial charge in [0, 0.05) is 30.3 Å². The van der Waals surface area contributed by atoms with Gasteiger partial charge in [0.05, 0.1) is 0 Å². The van der Waals surface area contributed by atoms with Crippen molar-refractivity contribution in [1.82, 2.24) is 0 Å². The second-order valence-electron chi connectivity index (χ2n) is 6.14. The number of rotatable bonds is 12. The summed E-state index contributed by atoms with van der Waals surface area (Å²) in [6.45, 7) is 7.57. The lowest BCUT2D eigenvalue weighted by atomic mass is 10.3. The molecule has 0 aromatic carbocycles. The zero-order valence-corrected chi connectivity index (χ0v) is 18.4. The SMILES string of the molecule is CCCCC[PH](=O)O.CCCP(=O)(O)CC(CC)P(=O)(O)CCC. The maximum absolute atomic E-state index is 12.0. The zero-order chi connectivity index (χ0) is 19.2. The normalized spacial score (nSPS) is 18.6. The minimum atomic E-state index is -3.26. The van der Waals surface area contributed by atoms with E-state index in [4.69, 9.17) is 4.89 Å². The van der Waals surface area contributed by atoms with Crippen molar-refractivity contribution in [2.75, 3.05) is 24.6 Å². The molecule has 0 rings (SSSR count). The lowest BCUT2D eigenvalue weighted by Crippen LogP contribution is -2.16. The number of hydrogen-bond acceptors (Lipinski definition) is 3. The Morgan fingerprint density at radius 1 is 0.917 bits per heavy atom. The third-order valence-corrected chi connectivity index (χ3v) is 9.65. The quantitative estimate of drug-likeness (QED) is 0.318. The van der Waals surface area contributed by atoms with E-state index in [0.29, 0.717) is 25.4 Å². The molecule has 0 aliphatic rings. The Kier molecular flexibility index (Phi) is 16.4. The molecule has 0 saturated carbocycles. The molecule has 6 nitrogen and oxygen atoms in total. The second kappa shape index (κ2) is 14.7. The maximum atomic E-state index is 12.0. The molecule has 0 heterocycles. The Morgan fingerprint density at radius 2 is 1.46 bits per heavy atom. The number of hydrogen-bond donors (Lipinski definition) is 3. The molecule has 3 N–H and O–H groups in total. The molecule has 0 bridgehead atoms. The van der Waals surface area contributed by atoms with Crippen LogP contribution in [0.4, 0.5) is 0 Å². The molecule has 0 amide bonds. The standard InChI is InChI=1S/C10H24O4P2.C5H13O2P/c1-4-7-15(11,12)9-10(6-3)16(13,14)8-5-2;1-2-3-4-5-8(6)7/h10H,4-9H2,1-3H3,(H,11,12)(H,13,14);8H,2-5H2,1H3,(H,6,7). The highest BCUT2D eigenvalue weighted by Crippen LogP contribution is 2.55. The first-order valence-electron chi connectivity index (χ1n) is 8.90.